The van der Waals surface area contributed by atoms with E-state index in [0.717, 1.165) is 13.1 Å². The van der Waals surface area contributed by atoms with Gasteiger partial charge in [-0.2, -0.15) is 0 Å². The topological polar surface area (TPSA) is 42.2 Å². The molecule has 0 unspecified atom stereocenters. The molecule has 0 radical (unpaired) electrons. The van der Waals surface area contributed by atoms with Gasteiger partial charge in [0.2, 0.25) is 0 Å². The molecule has 0 bridgehead atoms. The van der Waals surface area contributed by atoms with Crippen LogP contribution in [0.15, 0.2) is 30.5 Å². The zero-order valence-electron chi connectivity index (χ0n) is 10.6. The molecular weight excluding hydrogens is 266 g/mol. The fraction of sp³-hybridized carbons (Fsp3) is 0.308. The third kappa shape index (κ3) is 3.98. The van der Waals surface area contributed by atoms with Crippen molar-refractivity contribution in [2.24, 2.45) is 0 Å². The summed E-state index contributed by atoms with van der Waals surface area (Å²) in [4.78, 5) is 7.54. The summed E-state index contributed by atoms with van der Waals surface area (Å²) in [7, 11) is 2.11. The van der Waals surface area contributed by atoms with Crippen LogP contribution in [0.4, 0.5) is 5.13 Å². The van der Waals surface area contributed by atoms with E-state index >= 15 is 0 Å². The van der Waals surface area contributed by atoms with Crippen molar-refractivity contribution in [3.63, 3.8) is 0 Å². The lowest BCUT2D eigenvalue weighted by Gasteiger charge is -2.16. The predicted molar refractivity (Wildman–Crippen MR) is 80.1 cm³/mol. The molecule has 0 atom stereocenters. The minimum Gasteiger partial charge on any atom is -0.375 e. The van der Waals surface area contributed by atoms with Crippen LogP contribution in [-0.4, -0.2) is 16.9 Å². The SMILES string of the molecule is Cc1ccccc1CN(C)Cc1cnc(N)s1.Cl. The molecule has 1 aromatic heterocycles. The average molecular weight is 284 g/mol. The van der Waals surface area contributed by atoms with Crippen molar-refractivity contribution in [1.29, 1.82) is 0 Å². The van der Waals surface area contributed by atoms with Crippen LogP contribution in [0.25, 0.3) is 0 Å². The minimum atomic E-state index is 0. The van der Waals surface area contributed by atoms with Gasteiger partial charge < -0.3 is 5.73 Å². The van der Waals surface area contributed by atoms with Gasteiger partial charge in [-0.25, -0.2) is 4.98 Å². The van der Waals surface area contributed by atoms with Gasteiger partial charge in [0.15, 0.2) is 5.13 Å². The van der Waals surface area contributed by atoms with Crippen LogP contribution in [0.1, 0.15) is 16.0 Å². The molecule has 2 N–H and O–H groups in total. The number of nitrogen functional groups attached to an aromatic ring is 1. The van der Waals surface area contributed by atoms with Crippen molar-refractivity contribution in [2.45, 2.75) is 20.0 Å². The molecule has 5 heteroatoms. The number of aryl methyl sites for hydroxylation is 1. The predicted octanol–water partition coefficient (Wildman–Crippen LogP) is 3.09. The van der Waals surface area contributed by atoms with E-state index in [1.807, 2.05) is 6.20 Å². The number of benzene rings is 1. The van der Waals surface area contributed by atoms with E-state index in [-0.39, 0.29) is 12.4 Å². The van der Waals surface area contributed by atoms with E-state index in [2.05, 4.69) is 48.1 Å². The number of rotatable bonds is 4. The van der Waals surface area contributed by atoms with Gasteiger partial charge in [-0.05, 0) is 25.1 Å². The van der Waals surface area contributed by atoms with E-state index in [0.29, 0.717) is 5.13 Å². The summed E-state index contributed by atoms with van der Waals surface area (Å²) in [5.41, 5.74) is 8.32. The molecule has 0 aliphatic carbocycles. The Morgan fingerprint density at radius 2 is 2.00 bits per heavy atom. The smallest absolute Gasteiger partial charge is 0.180 e. The molecule has 2 aromatic rings. The van der Waals surface area contributed by atoms with Gasteiger partial charge in [0.05, 0.1) is 0 Å². The lowest BCUT2D eigenvalue weighted by atomic mass is 10.1. The Morgan fingerprint density at radius 3 is 2.61 bits per heavy atom. The molecule has 3 nitrogen and oxygen atoms in total. The van der Waals surface area contributed by atoms with Gasteiger partial charge in [-0.3, -0.25) is 4.90 Å². The zero-order chi connectivity index (χ0) is 12.3. The lowest BCUT2D eigenvalue weighted by molar-refractivity contribution is 0.321. The number of halogens is 1. The summed E-state index contributed by atoms with van der Waals surface area (Å²) in [6.45, 7) is 3.99. The van der Waals surface area contributed by atoms with Crippen molar-refractivity contribution in [1.82, 2.24) is 9.88 Å². The van der Waals surface area contributed by atoms with E-state index in [1.54, 1.807) is 11.3 Å². The molecule has 18 heavy (non-hydrogen) atoms. The van der Waals surface area contributed by atoms with E-state index < -0.39 is 0 Å². The summed E-state index contributed by atoms with van der Waals surface area (Å²) in [5.74, 6) is 0. The Bertz CT molecular complexity index is 498. The van der Waals surface area contributed by atoms with Crippen molar-refractivity contribution < 1.29 is 0 Å². The Morgan fingerprint density at radius 1 is 1.28 bits per heavy atom. The van der Waals surface area contributed by atoms with Crippen molar-refractivity contribution >= 4 is 28.9 Å². The molecule has 98 valence electrons. The Kier molecular flexibility index (Phi) is 5.59. The maximum absolute atomic E-state index is 5.62. The Balaban J connectivity index is 0.00000162. The standard InChI is InChI=1S/C13H17N3S.ClH/c1-10-5-3-4-6-11(10)8-16(2)9-12-7-15-13(14)17-12;/h3-7H,8-9H2,1-2H3,(H2,14,15);1H. The number of hydrogen-bond donors (Lipinski definition) is 1. The summed E-state index contributed by atoms with van der Waals surface area (Å²) in [6.07, 6.45) is 1.86. The number of thiazole rings is 1. The van der Waals surface area contributed by atoms with Gasteiger partial charge in [0.1, 0.15) is 0 Å². The molecule has 1 aromatic carbocycles. The van der Waals surface area contributed by atoms with Gasteiger partial charge in [-0.15, -0.1) is 23.7 Å². The molecule has 0 saturated carbocycles. The number of hydrogen-bond acceptors (Lipinski definition) is 4. The normalized spacial score (nSPS) is 10.4. The molecule has 0 amide bonds. The van der Waals surface area contributed by atoms with Crippen LogP contribution in [0.5, 0.6) is 0 Å². The van der Waals surface area contributed by atoms with Crippen LogP contribution >= 0.6 is 23.7 Å². The van der Waals surface area contributed by atoms with Crippen LogP contribution in [0.2, 0.25) is 0 Å². The average Bonchev–Trinajstić information content (AvgIpc) is 2.67. The first kappa shape index (κ1) is 15.0. The number of nitrogens with zero attached hydrogens (tertiary/aromatic N) is 2. The maximum Gasteiger partial charge on any atom is 0.180 e. The maximum atomic E-state index is 5.62. The van der Waals surface area contributed by atoms with Crippen LogP contribution in [-0.2, 0) is 13.1 Å². The quantitative estimate of drug-likeness (QED) is 0.938. The first-order valence-corrected chi connectivity index (χ1v) is 6.40. The summed E-state index contributed by atoms with van der Waals surface area (Å²) in [6, 6.07) is 8.48. The second kappa shape index (κ2) is 6.73. The highest BCUT2D eigenvalue weighted by Gasteiger charge is 2.05. The highest BCUT2D eigenvalue weighted by molar-refractivity contribution is 7.15. The monoisotopic (exact) mass is 283 g/mol. The number of anilines is 1. The fourth-order valence-electron chi connectivity index (χ4n) is 1.80. The van der Waals surface area contributed by atoms with Gasteiger partial charge in [0, 0.05) is 24.2 Å². The molecule has 2 rings (SSSR count). The Hall–Kier alpha value is -1.10. The largest absolute Gasteiger partial charge is 0.375 e. The lowest BCUT2D eigenvalue weighted by Crippen LogP contribution is -2.17. The summed E-state index contributed by atoms with van der Waals surface area (Å²) >= 11 is 1.56. The second-order valence-corrected chi connectivity index (χ2v) is 5.41. The number of nitrogens with two attached hydrogens (primary N) is 1. The van der Waals surface area contributed by atoms with Gasteiger partial charge >= 0.3 is 0 Å². The van der Waals surface area contributed by atoms with Crippen molar-refractivity contribution in [2.75, 3.05) is 12.8 Å². The van der Waals surface area contributed by atoms with E-state index in [9.17, 15) is 0 Å². The molecule has 0 spiro atoms. The van der Waals surface area contributed by atoms with Crippen LogP contribution in [0.3, 0.4) is 0 Å². The highest BCUT2D eigenvalue weighted by atomic mass is 35.5. The summed E-state index contributed by atoms with van der Waals surface area (Å²) < 4.78 is 0. The van der Waals surface area contributed by atoms with Crippen LogP contribution < -0.4 is 5.73 Å². The molecule has 1 heterocycles. The highest BCUT2D eigenvalue weighted by Crippen LogP contribution is 2.17. The first-order valence-electron chi connectivity index (χ1n) is 5.58. The molecule has 0 aliphatic rings. The van der Waals surface area contributed by atoms with Gasteiger partial charge in [-0.1, -0.05) is 24.3 Å². The molecular formula is C13H18ClN3S. The third-order valence-corrected chi connectivity index (χ3v) is 3.51. The van der Waals surface area contributed by atoms with Gasteiger partial charge in [0.25, 0.3) is 0 Å². The second-order valence-electron chi connectivity index (χ2n) is 4.26. The zero-order valence-corrected chi connectivity index (χ0v) is 12.2. The van der Waals surface area contributed by atoms with Crippen molar-refractivity contribution in [3.05, 3.63) is 46.5 Å². The first-order chi connectivity index (χ1) is 8.15. The van der Waals surface area contributed by atoms with E-state index in [4.69, 9.17) is 5.73 Å². The number of aromatic nitrogens is 1. The fourth-order valence-corrected chi connectivity index (χ4v) is 2.56. The Labute approximate surface area is 118 Å². The van der Waals surface area contributed by atoms with Crippen LogP contribution in [0, 0.1) is 6.92 Å². The third-order valence-electron chi connectivity index (χ3n) is 2.70. The van der Waals surface area contributed by atoms with Crippen molar-refractivity contribution in [3.8, 4) is 0 Å². The van der Waals surface area contributed by atoms with E-state index in [1.165, 1.54) is 16.0 Å². The molecule has 0 aliphatic heterocycles. The molecule has 0 fully saturated rings. The summed E-state index contributed by atoms with van der Waals surface area (Å²) in [5, 5.41) is 0.643. The molecule has 0 saturated heterocycles. The minimum absolute atomic E-state index is 0.